The molecule has 3 heterocycles. The number of hydrogen-bond donors (Lipinski definition) is 1. The summed E-state index contributed by atoms with van der Waals surface area (Å²) in [4.78, 5) is 2.28. The number of ether oxygens (including phenoxy) is 2. The lowest BCUT2D eigenvalue weighted by Gasteiger charge is -2.34. The zero-order valence-corrected chi connectivity index (χ0v) is 14.7. The molecule has 2 aromatic rings. The number of nitrogens with zero attached hydrogens (tertiary/aromatic N) is 3. The molecule has 1 aromatic carbocycles. The van der Waals surface area contributed by atoms with Crippen LogP contribution in [0.15, 0.2) is 30.5 Å². The molecular weight excluding hydrogens is 344 g/mol. The Morgan fingerprint density at radius 1 is 1.28 bits per heavy atom. The lowest BCUT2D eigenvalue weighted by Crippen LogP contribution is -2.42. The molecule has 0 bridgehead atoms. The molecule has 0 amide bonds. The Hall–Kier alpha value is -2.10. The Labute approximate surface area is 146 Å². The van der Waals surface area contributed by atoms with Crippen LogP contribution in [0.1, 0.15) is 17.3 Å². The monoisotopic (exact) mass is 364 g/mol. The summed E-state index contributed by atoms with van der Waals surface area (Å²) < 4.78 is 38.1. The first-order valence-corrected chi connectivity index (χ1v) is 9.95. The number of fused-ring (bicyclic) bond motifs is 2. The van der Waals surface area contributed by atoms with E-state index >= 15 is 0 Å². The molecule has 0 radical (unpaired) electrons. The Morgan fingerprint density at radius 3 is 2.96 bits per heavy atom. The fraction of sp³-hybridized carbons (Fsp3) is 0.438. The number of nitrogens with one attached hydrogen (secondary N) is 1. The van der Waals surface area contributed by atoms with Crippen molar-refractivity contribution in [2.24, 2.45) is 0 Å². The quantitative estimate of drug-likeness (QED) is 0.841. The van der Waals surface area contributed by atoms with Crippen LogP contribution in [-0.2, 0) is 23.1 Å². The van der Waals surface area contributed by atoms with E-state index in [0.29, 0.717) is 13.1 Å². The third-order valence-corrected chi connectivity index (χ3v) is 5.07. The average molecular weight is 364 g/mol. The van der Waals surface area contributed by atoms with Gasteiger partial charge in [0.2, 0.25) is 16.8 Å². The minimum atomic E-state index is -3.23. The Bertz CT molecular complexity index is 880. The van der Waals surface area contributed by atoms with Crippen LogP contribution in [0.5, 0.6) is 11.5 Å². The maximum absolute atomic E-state index is 11.4. The molecule has 0 spiro atoms. The van der Waals surface area contributed by atoms with Gasteiger partial charge in [0.15, 0.2) is 11.5 Å². The molecule has 2 aliphatic heterocycles. The first kappa shape index (κ1) is 16.4. The predicted octanol–water partition coefficient (Wildman–Crippen LogP) is 0.718. The largest absolute Gasteiger partial charge is 0.454 e. The van der Waals surface area contributed by atoms with E-state index in [9.17, 15) is 8.42 Å². The zero-order chi connectivity index (χ0) is 17.4. The van der Waals surface area contributed by atoms with Crippen molar-refractivity contribution in [3.63, 3.8) is 0 Å². The van der Waals surface area contributed by atoms with Gasteiger partial charge in [-0.05, 0) is 23.8 Å². The van der Waals surface area contributed by atoms with E-state index in [1.807, 2.05) is 28.9 Å². The van der Waals surface area contributed by atoms with Crippen LogP contribution >= 0.6 is 0 Å². The van der Waals surface area contributed by atoms with Gasteiger partial charge in [0.25, 0.3) is 0 Å². The molecule has 8 nitrogen and oxygen atoms in total. The molecule has 0 unspecified atom stereocenters. The highest BCUT2D eigenvalue weighted by Crippen LogP contribution is 2.33. The summed E-state index contributed by atoms with van der Waals surface area (Å²) in [5.74, 6) is 1.55. The first-order chi connectivity index (χ1) is 12.0. The lowest BCUT2D eigenvalue weighted by molar-refractivity contribution is 0.167. The Morgan fingerprint density at radius 2 is 2.12 bits per heavy atom. The van der Waals surface area contributed by atoms with Gasteiger partial charge in [0.05, 0.1) is 18.0 Å². The van der Waals surface area contributed by atoms with Crippen molar-refractivity contribution in [3.05, 3.63) is 41.7 Å². The van der Waals surface area contributed by atoms with E-state index < -0.39 is 10.0 Å². The SMILES string of the molecule is CS(=O)(=O)NC[C@@H]1CN(Cc2ccc3c(c2)OCO3)Cc2ccnn21. The van der Waals surface area contributed by atoms with Crippen molar-refractivity contribution < 1.29 is 17.9 Å². The molecule has 0 fully saturated rings. The smallest absolute Gasteiger partial charge is 0.231 e. The van der Waals surface area contributed by atoms with Gasteiger partial charge in [-0.2, -0.15) is 5.10 Å². The van der Waals surface area contributed by atoms with Gasteiger partial charge in [-0.25, -0.2) is 13.1 Å². The minimum absolute atomic E-state index is 0.0394. The van der Waals surface area contributed by atoms with E-state index in [4.69, 9.17) is 9.47 Å². The van der Waals surface area contributed by atoms with Crippen LogP contribution in [0.4, 0.5) is 0 Å². The molecule has 25 heavy (non-hydrogen) atoms. The molecule has 1 aromatic heterocycles. The van der Waals surface area contributed by atoms with Crippen molar-refractivity contribution in [3.8, 4) is 11.5 Å². The summed E-state index contributed by atoms with van der Waals surface area (Å²) in [7, 11) is -3.23. The van der Waals surface area contributed by atoms with Crippen LogP contribution in [0.25, 0.3) is 0 Å². The predicted molar refractivity (Wildman–Crippen MR) is 90.8 cm³/mol. The molecular formula is C16H20N4O4S. The number of benzene rings is 1. The molecule has 4 rings (SSSR count). The van der Waals surface area contributed by atoms with Crippen LogP contribution in [0.2, 0.25) is 0 Å². The van der Waals surface area contributed by atoms with Crippen LogP contribution < -0.4 is 14.2 Å². The summed E-state index contributed by atoms with van der Waals surface area (Å²) in [6, 6.07) is 7.89. The highest BCUT2D eigenvalue weighted by Gasteiger charge is 2.26. The number of sulfonamides is 1. The van der Waals surface area contributed by atoms with Gasteiger partial charge in [0.1, 0.15) is 0 Å². The van der Waals surface area contributed by atoms with Gasteiger partial charge in [-0.1, -0.05) is 6.07 Å². The zero-order valence-electron chi connectivity index (χ0n) is 13.9. The van der Waals surface area contributed by atoms with E-state index in [-0.39, 0.29) is 12.8 Å². The van der Waals surface area contributed by atoms with Gasteiger partial charge in [-0.3, -0.25) is 9.58 Å². The summed E-state index contributed by atoms with van der Waals surface area (Å²) in [5.41, 5.74) is 2.21. The van der Waals surface area contributed by atoms with E-state index in [1.54, 1.807) is 6.20 Å². The van der Waals surface area contributed by atoms with E-state index in [2.05, 4.69) is 14.7 Å². The van der Waals surface area contributed by atoms with Crippen LogP contribution in [0, 0.1) is 0 Å². The van der Waals surface area contributed by atoms with Crippen molar-refractivity contribution in [1.29, 1.82) is 0 Å². The molecule has 0 aliphatic carbocycles. The average Bonchev–Trinajstić information content (AvgIpc) is 3.19. The second kappa shape index (κ2) is 6.32. The second-order valence-corrected chi connectivity index (χ2v) is 8.23. The molecule has 134 valence electrons. The summed E-state index contributed by atoms with van der Waals surface area (Å²) in [6.45, 7) is 2.82. The molecule has 1 atom stereocenters. The minimum Gasteiger partial charge on any atom is -0.454 e. The van der Waals surface area contributed by atoms with E-state index in [0.717, 1.165) is 35.8 Å². The van der Waals surface area contributed by atoms with Crippen LogP contribution in [0.3, 0.4) is 0 Å². The standard InChI is InChI=1S/C16H20N4O4S/c1-25(21,22)18-7-14-10-19(9-13-4-5-17-20(13)14)8-12-2-3-15-16(6-12)24-11-23-15/h2-6,14,18H,7-11H2,1H3/t14-/m1/s1. The summed E-state index contributed by atoms with van der Waals surface area (Å²) >= 11 is 0. The topological polar surface area (TPSA) is 85.7 Å². The maximum atomic E-state index is 11.4. The Kier molecular flexibility index (Phi) is 4.14. The van der Waals surface area contributed by atoms with Crippen LogP contribution in [-0.4, -0.2) is 49.2 Å². The summed E-state index contributed by atoms with van der Waals surface area (Å²) in [6.07, 6.45) is 2.93. The number of rotatable bonds is 5. The third-order valence-electron chi connectivity index (χ3n) is 4.38. The Balaban J connectivity index is 1.49. The fourth-order valence-electron chi connectivity index (χ4n) is 3.28. The molecule has 1 N–H and O–H groups in total. The van der Waals surface area contributed by atoms with E-state index in [1.165, 1.54) is 6.26 Å². The fourth-order valence-corrected chi connectivity index (χ4v) is 3.78. The lowest BCUT2D eigenvalue weighted by atomic mass is 10.1. The molecule has 9 heteroatoms. The van der Waals surface area contributed by atoms with Gasteiger partial charge in [-0.15, -0.1) is 0 Å². The van der Waals surface area contributed by atoms with Gasteiger partial charge in [0, 0.05) is 32.4 Å². The van der Waals surface area contributed by atoms with Crippen molar-refractivity contribution in [2.75, 3.05) is 26.1 Å². The second-order valence-electron chi connectivity index (χ2n) is 6.40. The normalized spacial score (nSPS) is 19.8. The van der Waals surface area contributed by atoms with Crippen molar-refractivity contribution in [2.45, 2.75) is 19.1 Å². The highest BCUT2D eigenvalue weighted by atomic mass is 32.2. The molecule has 0 saturated carbocycles. The maximum Gasteiger partial charge on any atom is 0.231 e. The van der Waals surface area contributed by atoms with Crippen molar-refractivity contribution >= 4 is 10.0 Å². The number of hydrogen-bond acceptors (Lipinski definition) is 6. The molecule has 2 aliphatic rings. The molecule has 0 saturated heterocycles. The van der Waals surface area contributed by atoms with Gasteiger partial charge < -0.3 is 9.47 Å². The number of aromatic nitrogens is 2. The highest BCUT2D eigenvalue weighted by molar-refractivity contribution is 7.88. The first-order valence-electron chi connectivity index (χ1n) is 8.06. The summed E-state index contributed by atoms with van der Waals surface area (Å²) in [5, 5.41) is 4.35. The third kappa shape index (κ3) is 3.63. The van der Waals surface area contributed by atoms with Gasteiger partial charge >= 0.3 is 0 Å². The van der Waals surface area contributed by atoms with Crippen molar-refractivity contribution in [1.82, 2.24) is 19.4 Å².